The number of carbonyl (C=O) groups is 2. The zero-order valence-electron chi connectivity index (χ0n) is 22.7. The zero-order valence-corrected chi connectivity index (χ0v) is 26.9. The van der Waals surface area contributed by atoms with Gasteiger partial charge in [-0.1, -0.05) is 71.2 Å². The number of amides is 2. The number of carbonyl (C=O) groups excluding carboxylic acids is 2. The normalized spacial score (nSPS) is 10.9. The van der Waals surface area contributed by atoms with Gasteiger partial charge < -0.3 is 31.8 Å². The molecular weight excluding hydrogens is 728 g/mol. The Balaban J connectivity index is 0.000000807. The van der Waals surface area contributed by atoms with Crippen molar-refractivity contribution in [3.8, 4) is 11.5 Å². The number of anilines is 2. The van der Waals surface area contributed by atoms with E-state index < -0.39 is 20.0 Å². The van der Waals surface area contributed by atoms with Crippen molar-refractivity contribution in [2.24, 2.45) is 8.80 Å². The van der Waals surface area contributed by atoms with Gasteiger partial charge in [0.05, 0.1) is 0 Å². The van der Waals surface area contributed by atoms with Gasteiger partial charge in [0.1, 0.15) is 0 Å². The second kappa shape index (κ2) is 17.9. The molecule has 0 unspecified atom stereocenters. The Morgan fingerprint density at radius 1 is 0.689 bits per heavy atom. The SMILES string of the molecule is CC(=O)Nc1nnc(S(=O)(=O)/N=C/c2ccccc2[O-])s1.CC(=O)Nc1nnc(S(=O)(=O)/N=C/c2ccccc2[O-])s1.O.O.[Cu+2]. The van der Waals surface area contributed by atoms with Gasteiger partial charge in [-0.3, -0.25) is 9.59 Å². The minimum Gasteiger partial charge on any atom is -0.872 e. The van der Waals surface area contributed by atoms with Crippen LogP contribution in [0.1, 0.15) is 25.0 Å². The summed E-state index contributed by atoms with van der Waals surface area (Å²) in [4.78, 5) is 21.7. The van der Waals surface area contributed by atoms with Crippen LogP contribution in [-0.2, 0) is 46.7 Å². The van der Waals surface area contributed by atoms with Crippen molar-refractivity contribution in [1.82, 2.24) is 20.4 Å². The molecule has 2 heterocycles. The number of hydrogen-bond donors (Lipinski definition) is 2. The first kappa shape index (κ1) is 40.8. The van der Waals surface area contributed by atoms with E-state index in [0.717, 1.165) is 12.4 Å². The van der Waals surface area contributed by atoms with Crippen molar-refractivity contribution in [1.29, 1.82) is 0 Å². The molecule has 4 aromatic rings. The first-order valence-corrected chi connectivity index (χ1v) is 15.6. The number of benzene rings is 2. The maximum Gasteiger partial charge on any atom is 2.00 e. The molecule has 6 N–H and O–H groups in total. The third-order valence-electron chi connectivity index (χ3n) is 4.32. The van der Waals surface area contributed by atoms with Crippen molar-refractivity contribution in [2.75, 3.05) is 10.6 Å². The largest absolute Gasteiger partial charge is 2.00 e. The van der Waals surface area contributed by atoms with Gasteiger partial charge >= 0.3 is 37.1 Å². The van der Waals surface area contributed by atoms with Crippen LogP contribution >= 0.6 is 22.7 Å². The monoisotopic (exact) mass is 749 g/mol. The fourth-order valence-electron chi connectivity index (χ4n) is 2.55. The van der Waals surface area contributed by atoms with Crippen LogP contribution in [0, 0.1) is 0 Å². The molecule has 0 bridgehead atoms. The first-order valence-electron chi connectivity index (χ1n) is 11.1. The first-order chi connectivity index (χ1) is 19.8. The van der Waals surface area contributed by atoms with E-state index in [0.29, 0.717) is 22.7 Å². The maximum atomic E-state index is 11.9. The van der Waals surface area contributed by atoms with Gasteiger partial charge in [-0.2, -0.15) is 25.6 Å². The summed E-state index contributed by atoms with van der Waals surface area (Å²) in [7, 11) is -8.13. The molecule has 0 saturated heterocycles. The molecule has 2 aromatic carbocycles. The number of rotatable bonds is 8. The summed E-state index contributed by atoms with van der Waals surface area (Å²) in [5.74, 6) is -1.46. The molecule has 0 aliphatic heterocycles. The summed E-state index contributed by atoms with van der Waals surface area (Å²) in [5.41, 5.74) is 0.292. The molecule has 0 aliphatic carbocycles. The van der Waals surface area contributed by atoms with Crippen molar-refractivity contribution >= 4 is 77.2 Å². The van der Waals surface area contributed by atoms with Gasteiger partial charge in [-0.05, 0) is 11.1 Å². The van der Waals surface area contributed by atoms with E-state index in [1.807, 2.05) is 0 Å². The third kappa shape index (κ3) is 12.4. The topological polar surface area (TPSA) is 312 Å². The fourth-order valence-corrected chi connectivity index (χ4v) is 6.14. The van der Waals surface area contributed by atoms with Gasteiger partial charge in [0, 0.05) is 26.3 Å². The Morgan fingerprint density at radius 2 is 1.02 bits per heavy atom. The van der Waals surface area contributed by atoms with Crippen LogP contribution in [0.4, 0.5) is 10.3 Å². The molecule has 0 atom stereocenters. The predicted octanol–water partition coefficient (Wildman–Crippen LogP) is -0.896. The fraction of sp³-hybridized carbons (Fsp3) is 0.0909. The molecule has 0 spiro atoms. The van der Waals surface area contributed by atoms with Crippen LogP contribution in [-0.4, -0.2) is 72.4 Å². The van der Waals surface area contributed by atoms with E-state index in [4.69, 9.17) is 0 Å². The number of nitrogens with zero attached hydrogens (tertiary/aromatic N) is 6. The van der Waals surface area contributed by atoms with Gasteiger partial charge in [0.2, 0.25) is 22.1 Å². The number of para-hydroxylation sites is 2. The van der Waals surface area contributed by atoms with Crippen LogP contribution in [0.2, 0.25) is 0 Å². The van der Waals surface area contributed by atoms with E-state index in [1.165, 1.54) is 38.1 Å². The van der Waals surface area contributed by atoms with Crippen molar-refractivity contribution < 1.29 is 64.7 Å². The molecule has 1 radical (unpaired) electrons. The standard InChI is InChI=1S/2C11H10N4O4S2.Cu.2H2O/c2*1-7(16)13-10-14-15-11(20-10)21(18,19)12-6-8-4-2-3-5-9(8)17;;;/h2*2-6,17H,1H3,(H,13,14,16);;2*1H2/q;;+2;;/p-2/b2*12-6+;;;. The number of aromatic nitrogens is 4. The minimum atomic E-state index is -4.07. The Labute approximate surface area is 274 Å². The maximum absolute atomic E-state index is 11.9. The molecular formula is C22H22CuN8O10S4. The second-order valence-electron chi connectivity index (χ2n) is 7.60. The van der Waals surface area contributed by atoms with Crippen molar-refractivity contribution in [2.45, 2.75) is 22.5 Å². The zero-order chi connectivity index (χ0) is 30.9. The molecule has 45 heavy (non-hydrogen) atoms. The quantitative estimate of drug-likeness (QED) is 0.126. The van der Waals surface area contributed by atoms with Crippen LogP contribution in [0.3, 0.4) is 0 Å². The average molecular weight is 750 g/mol. The average Bonchev–Trinajstić information content (AvgIpc) is 3.58. The second-order valence-corrected chi connectivity index (χ2v) is 13.2. The van der Waals surface area contributed by atoms with Gasteiger partial charge in [-0.25, -0.2) is 0 Å². The number of nitrogens with one attached hydrogen (secondary N) is 2. The van der Waals surface area contributed by atoms with Crippen LogP contribution < -0.4 is 20.8 Å². The van der Waals surface area contributed by atoms with E-state index in [1.54, 1.807) is 24.3 Å². The molecule has 18 nitrogen and oxygen atoms in total. The van der Waals surface area contributed by atoms with E-state index >= 15 is 0 Å². The number of sulfonamides is 2. The summed E-state index contributed by atoms with van der Waals surface area (Å²) in [6.07, 6.45) is 1.91. The molecule has 23 heteroatoms. The number of hydrogen-bond acceptors (Lipinski definition) is 14. The van der Waals surface area contributed by atoms with Crippen LogP contribution in [0.15, 0.2) is 66.0 Å². The molecule has 0 fully saturated rings. The van der Waals surface area contributed by atoms with Gasteiger partial charge in [0.25, 0.3) is 8.68 Å². The Bertz CT molecular complexity index is 1740. The van der Waals surface area contributed by atoms with E-state index in [-0.39, 0.29) is 81.4 Å². The van der Waals surface area contributed by atoms with Crippen LogP contribution in [0.5, 0.6) is 11.5 Å². The molecule has 0 saturated carbocycles. The van der Waals surface area contributed by atoms with Gasteiger partial charge in [0.15, 0.2) is 0 Å². The summed E-state index contributed by atoms with van der Waals surface area (Å²) >= 11 is 1.35. The smallest absolute Gasteiger partial charge is 0.872 e. The Kier molecular flexibility index (Phi) is 16.2. The summed E-state index contributed by atoms with van der Waals surface area (Å²) in [5, 5.41) is 41.6. The Morgan fingerprint density at radius 3 is 1.33 bits per heavy atom. The third-order valence-corrected chi connectivity index (χ3v) is 9.16. The molecule has 4 rings (SSSR count). The molecule has 2 amide bonds. The van der Waals surface area contributed by atoms with Crippen molar-refractivity contribution in [3.63, 3.8) is 0 Å². The Hall–Kier alpha value is -4.22. The van der Waals surface area contributed by atoms with Crippen LogP contribution in [0.25, 0.3) is 0 Å². The summed E-state index contributed by atoms with van der Waals surface area (Å²) in [6, 6.07) is 11.8. The van der Waals surface area contributed by atoms with Crippen molar-refractivity contribution in [3.05, 3.63) is 59.7 Å². The molecule has 0 aliphatic rings. The summed E-state index contributed by atoms with van der Waals surface area (Å²) in [6.45, 7) is 2.53. The predicted molar refractivity (Wildman–Crippen MR) is 157 cm³/mol. The van der Waals surface area contributed by atoms with E-state index in [9.17, 15) is 36.6 Å². The summed E-state index contributed by atoms with van der Waals surface area (Å²) < 4.78 is 53.7. The molecule has 245 valence electrons. The minimum absolute atomic E-state index is 0. The van der Waals surface area contributed by atoms with Gasteiger partial charge in [-0.15, -0.1) is 31.9 Å². The molecule has 2 aromatic heterocycles. The van der Waals surface area contributed by atoms with E-state index in [2.05, 4.69) is 39.8 Å².